The Bertz CT molecular complexity index is 423. The predicted molar refractivity (Wildman–Crippen MR) is 64.6 cm³/mol. The minimum atomic E-state index is -0.381. The van der Waals surface area contributed by atoms with Gasteiger partial charge in [0, 0.05) is 7.05 Å². The molecule has 0 unspecified atom stereocenters. The Labute approximate surface area is 98.6 Å². The first-order valence-electron chi connectivity index (χ1n) is 5.02. The fourth-order valence-electron chi connectivity index (χ4n) is 1.47. The summed E-state index contributed by atoms with van der Waals surface area (Å²) in [6, 6.07) is 0. The zero-order valence-corrected chi connectivity index (χ0v) is 10.7. The molecule has 1 aromatic heterocycles. The van der Waals surface area contributed by atoms with Crippen molar-refractivity contribution in [2.24, 2.45) is 0 Å². The Morgan fingerprint density at radius 2 is 2.06 bits per heavy atom. The number of carbonyl (C=O) groups excluding carboxylic acids is 2. The molecule has 5 heteroatoms. The Morgan fingerprint density at radius 3 is 2.50 bits per heavy atom. The maximum Gasteiger partial charge on any atom is 0.341 e. The maximum atomic E-state index is 11.7. The minimum absolute atomic E-state index is 0.0328. The number of Topliss-reactive ketones (excluding diaryl/α,β-unsaturated/α-hetero) is 1. The Kier molecular flexibility index (Phi) is 4.06. The third kappa shape index (κ3) is 2.24. The maximum absolute atomic E-state index is 11.7. The van der Waals surface area contributed by atoms with Crippen molar-refractivity contribution in [1.82, 2.24) is 0 Å². The first kappa shape index (κ1) is 12.7. The molecule has 1 aromatic rings. The van der Waals surface area contributed by atoms with Crippen molar-refractivity contribution in [3.8, 4) is 0 Å². The largest absolute Gasteiger partial charge is 0.462 e. The van der Waals surface area contributed by atoms with Crippen LogP contribution in [0.5, 0.6) is 0 Å². The van der Waals surface area contributed by atoms with E-state index >= 15 is 0 Å². The summed E-state index contributed by atoms with van der Waals surface area (Å²) < 4.78 is 4.96. The van der Waals surface area contributed by atoms with Crippen molar-refractivity contribution in [2.75, 3.05) is 19.0 Å². The zero-order chi connectivity index (χ0) is 12.3. The first-order chi connectivity index (χ1) is 7.52. The van der Waals surface area contributed by atoms with Gasteiger partial charge in [-0.05, 0) is 26.3 Å². The lowest BCUT2D eigenvalue weighted by Crippen LogP contribution is -2.08. The molecular weight excluding hydrogens is 226 g/mol. The van der Waals surface area contributed by atoms with Gasteiger partial charge in [0.25, 0.3) is 0 Å². The average Bonchev–Trinajstić information content (AvgIpc) is 2.55. The van der Waals surface area contributed by atoms with E-state index in [2.05, 4.69) is 5.32 Å². The van der Waals surface area contributed by atoms with E-state index in [0.717, 1.165) is 0 Å². The molecule has 4 nitrogen and oxygen atoms in total. The molecule has 1 heterocycles. The molecule has 1 N–H and O–H groups in total. The van der Waals surface area contributed by atoms with Crippen LogP contribution < -0.4 is 5.32 Å². The number of nitrogens with one attached hydrogen (secondary N) is 1. The van der Waals surface area contributed by atoms with Crippen molar-refractivity contribution in [1.29, 1.82) is 0 Å². The van der Waals surface area contributed by atoms with Gasteiger partial charge in [-0.1, -0.05) is 0 Å². The standard InChI is InChI=1S/C11H15NO3S/c1-5-15-11(14)8-6(2)9(7(3)13)16-10(8)12-4/h12H,5H2,1-4H3. The third-order valence-electron chi connectivity index (χ3n) is 2.17. The van der Waals surface area contributed by atoms with Gasteiger partial charge in [0.05, 0.1) is 17.0 Å². The van der Waals surface area contributed by atoms with Crippen LogP contribution >= 0.6 is 11.3 Å². The summed E-state index contributed by atoms with van der Waals surface area (Å²) in [5.74, 6) is -0.414. The fraction of sp³-hybridized carbons (Fsp3) is 0.455. The van der Waals surface area contributed by atoms with Crippen LogP contribution in [0.1, 0.15) is 39.4 Å². The van der Waals surface area contributed by atoms with Gasteiger partial charge in [-0.3, -0.25) is 4.79 Å². The number of hydrogen-bond donors (Lipinski definition) is 1. The highest BCUT2D eigenvalue weighted by atomic mass is 32.1. The molecule has 16 heavy (non-hydrogen) atoms. The lowest BCUT2D eigenvalue weighted by Gasteiger charge is -2.04. The highest BCUT2D eigenvalue weighted by Crippen LogP contribution is 2.33. The van der Waals surface area contributed by atoms with Crippen LogP contribution in [0, 0.1) is 6.92 Å². The van der Waals surface area contributed by atoms with Gasteiger partial charge in [-0.15, -0.1) is 11.3 Å². The van der Waals surface area contributed by atoms with Crippen LogP contribution in [-0.4, -0.2) is 25.4 Å². The number of ketones is 1. The van der Waals surface area contributed by atoms with E-state index in [1.807, 2.05) is 0 Å². The summed E-state index contributed by atoms with van der Waals surface area (Å²) in [5, 5.41) is 3.60. The molecule has 0 aromatic carbocycles. The smallest absolute Gasteiger partial charge is 0.341 e. The number of esters is 1. The molecule has 0 aliphatic carbocycles. The van der Waals surface area contributed by atoms with E-state index in [0.29, 0.717) is 27.6 Å². The van der Waals surface area contributed by atoms with Crippen molar-refractivity contribution in [3.63, 3.8) is 0 Å². The normalized spacial score (nSPS) is 10.0. The molecule has 0 atom stereocenters. The van der Waals surface area contributed by atoms with Crippen LogP contribution in [0.3, 0.4) is 0 Å². The molecule has 0 aliphatic rings. The van der Waals surface area contributed by atoms with Crippen LogP contribution in [-0.2, 0) is 4.74 Å². The monoisotopic (exact) mass is 241 g/mol. The summed E-state index contributed by atoms with van der Waals surface area (Å²) in [4.78, 5) is 23.7. The van der Waals surface area contributed by atoms with Crippen molar-refractivity contribution < 1.29 is 14.3 Å². The number of thiophene rings is 1. The summed E-state index contributed by atoms with van der Waals surface area (Å²) in [5.41, 5.74) is 1.17. The second-order valence-electron chi connectivity index (χ2n) is 3.29. The molecule has 0 bridgehead atoms. The Hall–Kier alpha value is -1.36. The van der Waals surface area contributed by atoms with Gasteiger partial charge < -0.3 is 10.1 Å². The van der Waals surface area contributed by atoms with Crippen LogP contribution in [0.25, 0.3) is 0 Å². The van der Waals surface area contributed by atoms with E-state index in [1.165, 1.54) is 18.3 Å². The first-order valence-corrected chi connectivity index (χ1v) is 5.83. The van der Waals surface area contributed by atoms with Gasteiger partial charge in [0.1, 0.15) is 5.00 Å². The van der Waals surface area contributed by atoms with E-state index in [9.17, 15) is 9.59 Å². The topological polar surface area (TPSA) is 55.4 Å². The third-order valence-corrected chi connectivity index (χ3v) is 3.58. The molecule has 0 spiro atoms. The quantitative estimate of drug-likeness (QED) is 0.650. The molecule has 0 radical (unpaired) electrons. The zero-order valence-electron chi connectivity index (χ0n) is 9.84. The van der Waals surface area contributed by atoms with Gasteiger partial charge in [-0.25, -0.2) is 4.79 Å². The summed E-state index contributed by atoms with van der Waals surface area (Å²) in [6.45, 7) is 5.34. The molecule has 0 amide bonds. The lowest BCUT2D eigenvalue weighted by atomic mass is 10.1. The van der Waals surface area contributed by atoms with Gasteiger partial charge in [0.2, 0.25) is 0 Å². The Morgan fingerprint density at radius 1 is 1.44 bits per heavy atom. The minimum Gasteiger partial charge on any atom is -0.462 e. The number of ether oxygens (including phenoxy) is 1. The van der Waals surface area contributed by atoms with Crippen molar-refractivity contribution >= 4 is 28.1 Å². The van der Waals surface area contributed by atoms with Crippen molar-refractivity contribution in [2.45, 2.75) is 20.8 Å². The second-order valence-corrected chi connectivity index (χ2v) is 4.31. The number of rotatable bonds is 4. The van der Waals surface area contributed by atoms with Crippen molar-refractivity contribution in [3.05, 3.63) is 16.0 Å². The second kappa shape index (κ2) is 5.12. The predicted octanol–water partition coefficient (Wildman–Crippen LogP) is 2.48. The molecule has 0 saturated heterocycles. The van der Waals surface area contributed by atoms with Crippen LogP contribution in [0.4, 0.5) is 5.00 Å². The number of hydrogen-bond acceptors (Lipinski definition) is 5. The summed E-state index contributed by atoms with van der Waals surface area (Å²) in [7, 11) is 1.72. The summed E-state index contributed by atoms with van der Waals surface area (Å²) in [6.07, 6.45) is 0. The molecule has 1 rings (SSSR count). The van der Waals surface area contributed by atoms with Crippen LogP contribution in [0.2, 0.25) is 0 Å². The van der Waals surface area contributed by atoms with Crippen LogP contribution in [0.15, 0.2) is 0 Å². The van der Waals surface area contributed by atoms with Gasteiger partial charge in [-0.2, -0.15) is 0 Å². The molecule has 0 fully saturated rings. The fourth-order valence-corrected chi connectivity index (χ4v) is 2.52. The SMILES string of the molecule is CCOC(=O)c1c(NC)sc(C(C)=O)c1C. The van der Waals surface area contributed by atoms with E-state index < -0.39 is 0 Å². The Balaban J connectivity index is 3.25. The number of anilines is 1. The van der Waals surface area contributed by atoms with Gasteiger partial charge in [0.15, 0.2) is 5.78 Å². The van der Waals surface area contributed by atoms with Gasteiger partial charge >= 0.3 is 5.97 Å². The van der Waals surface area contributed by atoms with E-state index in [4.69, 9.17) is 4.74 Å². The van der Waals surface area contributed by atoms with E-state index in [-0.39, 0.29) is 11.8 Å². The summed E-state index contributed by atoms with van der Waals surface area (Å²) >= 11 is 1.29. The van der Waals surface area contributed by atoms with E-state index in [1.54, 1.807) is 20.9 Å². The molecule has 88 valence electrons. The lowest BCUT2D eigenvalue weighted by molar-refractivity contribution is 0.0527. The highest BCUT2D eigenvalue weighted by Gasteiger charge is 2.23. The average molecular weight is 241 g/mol. The molecular formula is C11H15NO3S. The highest BCUT2D eigenvalue weighted by molar-refractivity contribution is 7.18. The molecule has 0 saturated carbocycles. The molecule has 0 aliphatic heterocycles. The number of carbonyl (C=O) groups is 2.